The second-order valence-corrected chi connectivity index (χ2v) is 2.56. The Bertz CT molecular complexity index is 261. The van der Waals surface area contributed by atoms with Crippen LogP contribution in [0.25, 0.3) is 0 Å². The Morgan fingerprint density at radius 2 is 2.46 bits per heavy atom. The molecule has 1 rings (SSSR count). The molecular weight excluding hydrogens is 170 g/mol. The number of nitrogens with zero attached hydrogens (tertiary/aromatic N) is 1. The lowest BCUT2D eigenvalue weighted by atomic mass is 10.2. The summed E-state index contributed by atoms with van der Waals surface area (Å²) in [7, 11) is 0. The zero-order valence-electron chi connectivity index (χ0n) is 7.14. The molecule has 0 bridgehead atoms. The third kappa shape index (κ3) is 4.22. The monoisotopic (exact) mass is 181 g/mol. The van der Waals surface area contributed by atoms with Gasteiger partial charge in [-0.3, -0.25) is 4.98 Å². The number of hydrogen-bond acceptors (Lipinski definition) is 3. The maximum atomic E-state index is 10.1. The highest BCUT2D eigenvalue weighted by Gasteiger charge is 1.96. The van der Waals surface area contributed by atoms with Gasteiger partial charge in [-0.2, -0.15) is 0 Å². The molecule has 0 aliphatic rings. The van der Waals surface area contributed by atoms with Crippen molar-refractivity contribution >= 4 is 5.97 Å². The summed E-state index contributed by atoms with van der Waals surface area (Å²) >= 11 is 0. The van der Waals surface area contributed by atoms with Gasteiger partial charge in [0.1, 0.15) is 6.61 Å². The van der Waals surface area contributed by atoms with E-state index in [0.29, 0.717) is 13.0 Å². The Morgan fingerprint density at radius 1 is 1.62 bits per heavy atom. The van der Waals surface area contributed by atoms with Gasteiger partial charge >= 0.3 is 5.97 Å². The van der Waals surface area contributed by atoms with E-state index in [-0.39, 0.29) is 6.61 Å². The van der Waals surface area contributed by atoms with Crippen LogP contribution in [0.1, 0.15) is 5.56 Å². The van der Waals surface area contributed by atoms with Crippen molar-refractivity contribution in [2.75, 3.05) is 13.2 Å². The standard InChI is InChI=1S/C9H11NO3/c11-9(12)7-13-5-3-8-2-1-4-10-6-8/h1-2,4,6H,3,5,7H2,(H,11,12). The van der Waals surface area contributed by atoms with E-state index in [1.807, 2.05) is 12.1 Å². The van der Waals surface area contributed by atoms with Crippen LogP contribution in [0.3, 0.4) is 0 Å². The van der Waals surface area contributed by atoms with Gasteiger partial charge in [0, 0.05) is 12.4 Å². The largest absolute Gasteiger partial charge is 0.480 e. The van der Waals surface area contributed by atoms with Gasteiger partial charge in [0.2, 0.25) is 0 Å². The van der Waals surface area contributed by atoms with E-state index in [9.17, 15) is 4.79 Å². The molecule has 1 heterocycles. The number of carboxylic acid groups (broad SMARTS) is 1. The van der Waals surface area contributed by atoms with Crippen molar-refractivity contribution in [1.82, 2.24) is 4.98 Å². The maximum absolute atomic E-state index is 10.1. The van der Waals surface area contributed by atoms with Gasteiger partial charge in [0.15, 0.2) is 0 Å². The molecule has 0 spiro atoms. The van der Waals surface area contributed by atoms with Gasteiger partial charge in [-0.1, -0.05) is 6.07 Å². The number of ether oxygens (including phenoxy) is 1. The summed E-state index contributed by atoms with van der Waals surface area (Å²) in [4.78, 5) is 14.0. The highest BCUT2D eigenvalue weighted by Crippen LogP contribution is 1.96. The summed E-state index contributed by atoms with van der Waals surface area (Å²) in [5, 5.41) is 8.27. The van der Waals surface area contributed by atoms with Crippen molar-refractivity contribution in [1.29, 1.82) is 0 Å². The van der Waals surface area contributed by atoms with Gasteiger partial charge in [-0.25, -0.2) is 4.79 Å². The molecule has 0 amide bonds. The lowest BCUT2D eigenvalue weighted by Gasteiger charge is -2.00. The molecule has 0 unspecified atom stereocenters. The molecule has 1 aromatic heterocycles. The van der Waals surface area contributed by atoms with E-state index in [2.05, 4.69) is 4.98 Å². The molecule has 0 aliphatic heterocycles. The van der Waals surface area contributed by atoms with Crippen LogP contribution in [0.15, 0.2) is 24.5 Å². The minimum atomic E-state index is -0.939. The van der Waals surface area contributed by atoms with Crippen LogP contribution in [-0.2, 0) is 16.0 Å². The normalized spacial score (nSPS) is 9.85. The minimum absolute atomic E-state index is 0.236. The molecule has 4 heteroatoms. The molecular formula is C9H11NO3. The first kappa shape index (κ1) is 9.67. The van der Waals surface area contributed by atoms with Gasteiger partial charge < -0.3 is 9.84 Å². The predicted octanol–water partition coefficient (Wildman–Crippen LogP) is 0.725. The summed E-state index contributed by atoms with van der Waals surface area (Å²) in [5.41, 5.74) is 1.05. The Balaban J connectivity index is 2.17. The Hall–Kier alpha value is -1.42. The van der Waals surface area contributed by atoms with Gasteiger partial charge in [-0.05, 0) is 18.1 Å². The van der Waals surface area contributed by atoms with Crippen molar-refractivity contribution in [3.8, 4) is 0 Å². The van der Waals surface area contributed by atoms with Crippen molar-refractivity contribution in [3.05, 3.63) is 30.1 Å². The number of carbonyl (C=O) groups is 1. The van der Waals surface area contributed by atoms with Crippen molar-refractivity contribution < 1.29 is 14.6 Å². The molecule has 0 radical (unpaired) electrons. The van der Waals surface area contributed by atoms with Crippen LogP contribution in [0, 0.1) is 0 Å². The van der Waals surface area contributed by atoms with Crippen LogP contribution in [0.5, 0.6) is 0 Å². The Labute approximate surface area is 76.2 Å². The Morgan fingerprint density at radius 3 is 3.08 bits per heavy atom. The summed E-state index contributed by atoms with van der Waals surface area (Å²) in [5.74, 6) is -0.939. The summed E-state index contributed by atoms with van der Waals surface area (Å²) < 4.78 is 4.87. The smallest absolute Gasteiger partial charge is 0.329 e. The van der Waals surface area contributed by atoms with E-state index in [1.165, 1.54) is 0 Å². The Kier molecular flexibility index (Phi) is 3.92. The summed E-state index contributed by atoms with van der Waals surface area (Å²) in [6, 6.07) is 3.77. The molecule has 0 aliphatic carbocycles. The fourth-order valence-electron chi connectivity index (χ4n) is 0.896. The zero-order chi connectivity index (χ0) is 9.52. The van der Waals surface area contributed by atoms with E-state index < -0.39 is 5.97 Å². The number of rotatable bonds is 5. The third-order valence-corrected chi connectivity index (χ3v) is 1.48. The lowest BCUT2D eigenvalue weighted by molar-refractivity contribution is -0.142. The predicted molar refractivity (Wildman–Crippen MR) is 46.4 cm³/mol. The molecule has 13 heavy (non-hydrogen) atoms. The first-order valence-corrected chi connectivity index (χ1v) is 3.97. The van der Waals surface area contributed by atoms with Crippen LogP contribution >= 0.6 is 0 Å². The SMILES string of the molecule is O=C(O)COCCc1cccnc1. The quantitative estimate of drug-likeness (QED) is 0.680. The van der Waals surface area contributed by atoms with E-state index in [1.54, 1.807) is 12.4 Å². The zero-order valence-corrected chi connectivity index (χ0v) is 7.14. The molecule has 0 aromatic carbocycles. The minimum Gasteiger partial charge on any atom is -0.480 e. The number of pyridine rings is 1. The van der Waals surface area contributed by atoms with Crippen LogP contribution < -0.4 is 0 Å². The molecule has 0 atom stereocenters. The molecule has 0 saturated carbocycles. The van der Waals surface area contributed by atoms with Crippen molar-refractivity contribution in [3.63, 3.8) is 0 Å². The maximum Gasteiger partial charge on any atom is 0.329 e. The van der Waals surface area contributed by atoms with Crippen LogP contribution in [0.2, 0.25) is 0 Å². The van der Waals surface area contributed by atoms with Gasteiger partial charge in [-0.15, -0.1) is 0 Å². The lowest BCUT2D eigenvalue weighted by Crippen LogP contribution is -2.09. The topological polar surface area (TPSA) is 59.4 Å². The fraction of sp³-hybridized carbons (Fsp3) is 0.333. The number of aliphatic carboxylic acids is 1. The van der Waals surface area contributed by atoms with E-state index in [0.717, 1.165) is 5.56 Å². The molecule has 0 saturated heterocycles. The highest BCUT2D eigenvalue weighted by molar-refractivity contribution is 5.67. The van der Waals surface area contributed by atoms with Crippen LogP contribution in [-0.4, -0.2) is 29.3 Å². The molecule has 0 fully saturated rings. The van der Waals surface area contributed by atoms with Gasteiger partial charge in [0.25, 0.3) is 0 Å². The highest BCUT2D eigenvalue weighted by atomic mass is 16.5. The summed E-state index contributed by atoms with van der Waals surface area (Å²) in [6.45, 7) is 0.179. The van der Waals surface area contributed by atoms with Crippen molar-refractivity contribution in [2.45, 2.75) is 6.42 Å². The molecule has 1 N–H and O–H groups in total. The van der Waals surface area contributed by atoms with Crippen LogP contribution in [0.4, 0.5) is 0 Å². The average Bonchev–Trinajstić information content (AvgIpc) is 2.14. The molecule has 1 aromatic rings. The first-order chi connectivity index (χ1) is 6.29. The number of aromatic nitrogens is 1. The average molecular weight is 181 g/mol. The first-order valence-electron chi connectivity index (χ1n) is 3.97. The molecule has 70 valence electrons. The van der Waals surface area contributed by atoms with Crippen molar-refractivity contribution in [2.24, 2.45) is 0 Å². The van der Waals surface area contributed by atoms with E-state index in [4.69, 9.17) is 9.84 Å². The number of hydrogen-bond donors (Lipinski definition) is 1. The third-order valence-electron chi connectivity index (χ3n) is 1.48. The molecule has 4 nitrogen and oxygen atoms in total. The second kappa shape index (κ2) is 5.27. The summed E-state index contributed by atoms with van der Waals surface area (Å²) in [6.07, 6.45) is 4.13. The van der Waals surface area contributed by atoms with Gasteiger partial charge in [0.05, 0.1) is 6.61 Å². The fourth-order valence-corrected chi connectivity index (χ4v) is 0.896. The second-order valence-electron chi connectivity index (χ2n) is 2.56. The number of carboxylic acids is 1. The van der Waals surface area contributed by atoms with E-state index >= 15 is 0 Å².